The van der Waals surface area contributed by atoms with E-state index in [1.54, 1.807) is 0 Å². The highest BCUT2D eigenvalue weighted by molar-refractivity contribution is 8.25. The highest BCUT2D eigenvalue weighted by Gasteiger charge is 2.37. The molecule has 120 valence electrons. The maximum Gasteiger partial charge on any atom is 0.334 e. The first kappa shape index (κ1) is 16.3. The number of carbonyl (C=O) groups is 2. The summed E-state index contributed by atoms with van der Waals surface area (Å²) >= 11 is 0. The topological polar surface area (TPSA) is 93.1 Å². The Morgan fingerprint density at radius 1 is 1.05 bits per heavy atom. The number of esters is 2. The van der Waals surface area contributed by atoms with Gasteiger partial charge in [0.25, 0.3) is 0 Å². The number of hydrogen-bond acceptors (Lipinski definition) is 6. The van der Waals surface area contributed by atoms with Gasteiger partial charge in [-0.2, -0.15) is 10.6 Å². The Kier molecular flexibility index (Phi) is 5.29. The van der Waals surface area contributed by atoms with Crippen molar-refractivity contribution in [1.82, 2.24) is 0 Å². The quantitative estimate of drug-likeness (QED) is 0.597. The number of rotatable bonds is 5. The van der Waals surface area contributed by atoms with E-state index in [4.69, 9.17) is 9.47 Å². The highest BCUT2D eigenvalue weighted by Crippen LogP contribution is 2.49. The van der Waals surface area contributed by atoms with Gasteiger partial charge in [-0.05, 0) is 25.7 Å². The maximum atomic E-state index is 11.7. The molecular formula is C14H22O6S. The second kappa shape index (κ2) is 6.81. The molecule has 1 saturated heterocycles. The molecule has 0 aromatic heterocycles. The lowest BCUT2D eigenvalue weighted by atomic mass is 9.98. The molecule has 0 radical (unpaired) electrons. The zero-order valence-corrected chi connectivity index (χ0v) is 12.8. The summed E-state index contributed by atoms with van der Waals surface area (Å²) in [7, 11) is -2.54. The van der Waals surface area contributed by atoms with E-state index in [2.05, 4.69) is 6.58 Å². The highest BCUT2D eigenvalue weighted by atomic mass is 32.3. The summed E-state index contributed by atoms with van der Waals surface area (Å²) in [6, 6.07) is 0. The van der Waals surface area contributed by atoms with Crippen LogP contribution in [0, 0.1) is 0 Å². The zero-order chi connectivity index (χ0) is 15.5. The standard InChI is InChI=1S/C14H22O6S/c1-10(14(16)20-12-8-21(17,18)9-12)7-13(15)19-11-5-3-2-4-6-11/h11-12,17-18H,1-9H2. The predicted molar refractivity (Wildman–Crippen MR) is 79.2 cm³/mol. The minimum absolute atomic E-state index is 0.0409. The van der Waals surface area contributed by atoms with Crippen molar-refractivity contribution in [2.24, 2.45) is 0 Å². The Bertz CT molecular complexity index is 419. The molecule has 2 rings (SSSR count). The van der Waals surface area contributed by atoms with E-state index >= 15 is 0 Å². The first-order valence-corrected chi connectivity index (χ1v) is 9.06. The van der Waals surface area contributed by atoms with Crippen LogP contribution in [0.15, 0.2) is 12.2 Å². The van der Waals surface area contributed by atoms with Crippen molar-refractivity contribution in [2.45, 2.75) is 50.7 Å². The summed E-state index contributed by atoms with van der Waals surface area (Å²) in [5, 5.41) is 0. The van der Waals surface area contributed by atoms with Crippen LogP contribution in [-0.4, -0.2) is 44.8 Å². The molecule has 0 aromatic carbocycles. The maximum absolute atomic E-state index is 11.7. The first-order chi connectivity index (χ1) is 9.85. The van der Waals surface area contributed by atoms with Gasteiger partial charge in [-0.1, -0.05) is 13.0 Å². The molecule has 0 aromatic rings. The minimum Gasteiger partial charge on any atom is -0.462 e. The summed E-state index contributed by atoms with van der Waals surface area (Å²) in [6.07, 6.45) is 4.34. The van der Waals surface area contributed by atoms with Crippen LogP contribution in [0.3, 0.4) is 0 Å². The summed E-state index contributed by atoms with van der Waals surface area (Å²) in [5.41, 5.74) is 0.0409. The average Bonchev–Trinajstić information content (AvgIpc) is 2.37. The van der Waals surface area contributed by atoms with Crippen LogP contribution in [0.5, 0.6) is 0 Å². The molecule has 1 aliphatic carbocycles. The van der Waals surface area contributed by atoms with Crippen molar-refractivity contribution in [2.75, 3.05) is 11.5 Å². The summed E-state index contributed by atoms with van der Waals surface area (Å²) in [4.78, 5) is 23.4. The molecule has 1 heterocycles. The van der Waals surface area contributed by atoms with Gasteiger partial charge in [0.15, 0.2) is 0 Å². The molecule has 2 fully saturated rings. The van der Waals surface area contributed by atoms with Crippen LogP contribution in [-0.2, 0) is 19.1 Å². The third kappa shape index (κ3) is 5.01. The molecule has 6 nitrogen and oxygen atoms in total. The molecule has 7 heteroatoms. The van der Waals surface area contributed by atoms with Crippen molar-refractivity contribution in [3.63, 3.8) is 0 Å². The fourth-order valence-electron chi connectivity index (χ4n) is 2.51. The van der Waals surface area contributed by atoms with Gasteiger partial charge in [-0.15, -0.1) is 0 Å². The van der Waals surface area contributed by atoms with Crippen LogP contribution in [0.2, 0.25) is 0 Å². The third-order valence-electron chi connectivity index (χ3n) is 3.68. The summed E-state index contributed by atoms with van der Waals surface area (Å²) in [6.45, 7) is 3.54. The second-order valence-electron chi connectivity index (χ2n) is 5.69. The molecule has 2 N–H and O–H groups in total. The van der Waals surface area contributed by atoms with E-state index in [1.807, 2.05) is 0 Å². The van der Waals surface area contributed by atoms with Gasteiger partial charge in [0.1, 0.15) is 12.2 Å². The molecule has 1 aliphatic heterocycles. The van der Waals surface area contributed by atoms with Gasteiger partial charge < -0.3 is 9.47 Å². The van der Waals surface area contributed by atoms with E-state index in [0.717, 1.165) is 25.7 Å². The average molecular weight is 318 g/mol. The largest absolute Gasteiger partial charge is 0.462 e. The number of hydrogen-bond donors (Lipinski definition) is 2. The lowest BCUT2D eigenvalue weighted by molar-refractivity contribution is -0.152. The Hall–Kier alpha value is -1.05. The molecule has 0 amide bonds. The van der Waals surface area contributed by atoms with Crippen molar-refractivity contribution in [3.05, 3.63) is 12.2 Å². The van der Waals surface area contributed by atoms with E-state index in [9.17, 15) is 18.7 Å². The van der Waals surface area contributed by atoms with Crippen molar-refractivity contribution in [1.29, 1.82) is 0 Å². The molecule has 0 spiro atoms. The first-order valence-electron chi connectivity index (χ1n) is 7.17. The molecule has 0 bridgehead atoms. The van der Waals surface area contributed by atoms with Crippen molar-refractivity contribution < 1.29 is 28.2 Å². The van der Waals surface area contributed by atoms with Crippen LogP contribution in [0.25, 0.3) is 0 Å². The Labute approximate surface area is 125 Å². The van der Waals surface area contributed by atoms with Gasteiger partial charge >= 0.3 is 11.9 Å². The SMILES string of the molecule is C=C(CC(=O)OC1CCCCC1)C(=O)OC1CS(O)(O)C1. The van der Waals surface area contributed by atoms with E-state index < -0.39 is 28.6 Å². The Morgan fingerprint density at radius 3 is 2.24 bits per heavy atom. The van der Waals surface area contributed by atoms with Crippen LogP contribution in [0.4, 0.5) is 0 Å². The molecule has 2 aliphatic rings. The fourth-order valence-corrected chi connectivity index (χ4v) is 3.74. The van der Waals surface area contributed by atoms with Crippen LogP contribution >= 0.6 is 10.6 Å². The third-order valence-corrected chi connectivity index (χ3v) is 5.49. The van der Waals surface area contributed by atoms with Gasteiger partial charge in [0, 0.05) is 5.57 Å². The number of ether oxygens (including phenoxy) is 2. The lowest BCUT2D eigenvalue weighted by Crippen LogP contribution is -2.41. The Morgan fingerprint density at radius 2 is 1.67 bits per heavy atom. The second-order valence-corrected chi connectivity index (χ2v) is 7.96. The van der Waals surface area contributed by atoms with Gasteiger partial charge in [-0.3, -0.25) is 13.9 Å². The van der Waals surface area contributed by atoms with E-state index in [1.165, 1.54) is 6.42 Å². The van der Waals surface area contributed by atoms with Gasteiger partial charge in [-0.25, -0.2) is 4.79 Å². The van der Waals surface area contributed by atoms with Crippen LogP contribution < -0.4 is 0 Å². The summed E-state index contributed by atoms with van der Waals surface area (Å²) < 4.78 is 28.8. The van der Waals surface area contributed by atoms with Gasteiger partial charge in [0.2, 0.25) is 0 Å². The van der Waals surface area contributed by atoms with Crippen molar-refractivity contribution in [3.8, 4) is 0 Å². The van der Waals surface area contributed by atoms with Crippen molar-refractivity contribution >= 4 is 22.5 Å². The van der Waals surface area contributed by atoms with Crippen LogP contribution in [0.1, 0.15) is 38.5 Å². The van der Waals surface area contributed by atoms with Gasteiger partial charge in [0.05, 0.1) is 17.9 Å². The minimum atomic E-state index is -2.54. The summed E-state index contributed by atoms with van der Waals surface area (Å²) in [5.74, 6) is -0.992. The normalized spacial score (nSPS) is 23.7. The predicted octanol–water partition coefficient (Wildman–Crippen LogP) is 2.48. The fraction of sp³-hybridized carbons (Fsp3) is 0.714. The molecular weight excluding hydrogens is 296 g/mol. The zero-order valence-electron chi connectivity index (χ0n) is 12.0. The van der Waals surface area contributed by atoms with E-state index in [-0.39, 0.29) is 29.6 Å². The molecule has 21 heavy (non-hydrogen) atoms. The monoisotopic (exact) mass is 318 g/mol. The smallest absolute Gasteiger partial charge is 0.334 e. The van der Waals surface area contributed by atoms with E-state index in [0.29, 0.717) is 0 Å². The lowest BCUT2D eigenvalue weighted by Gasteiger charge is -2.45. The number of carbonyl (C=O) groups excluding carboxylic acids is 2. The molecule has 0 atom stereocenters. The molecule has 1 saturated carbocycles. The Balaban J connectivity index is 1.68. The molecule has 0 unspecified atom stereocenters.